The summed E-state index contributed by atoms with van der Waals surface area (Å²) < 4.78 is 11.3. The molecule has 1 aliphatic rings. The van der Waals surface area contributed by atoms with Crippen LogP contribution in [0.3, 0.4) is 0 Å². The Morgan fingerprint density at radius 2 is 1.79 bits per heavy atom. The lowest BCUT2D eigenvalue weighted by Crippen LogP contribution is -2.42. The molecule has 1 fully saturated rings. The lowest BCUT2D eigenvalue weighted by atomic mass is 10.1. The van der Waals surface area contributed by atoms with Crippen molar-refractivity contribution in [2.24, 2.45) is 0 Å². The number of hydrogen-bond acceptors (Lipinski definition) is 4. The smallest absolute Gasteiger partial charge is 0.125 e. The Morgan fingerprint density at radius 1 is 1.04 bits per heavy atom. The summed E-state index contributed by atoms with van der Waals surface area (Å²) in [6.07, 6.45) is 0. The lowest BCUT2D eigenvalue weighted by molar-refractivity contribution is 0.233. The molecule has 4 heteroatoms. The predicted molar refractivity (Wildman–Crippen MR) is 96.7 cm³/mol. The van der Waals surface area contributed by atoms with Crippen LogP contribution < -0.4 is 14.8 Å². The van der Waals surface area contributed by atoms with Gasteiger partial charge in [0.05, 0.1) is 7.11 Å². The minimum absolute atomic E-state index is 0.514. The third-order valence-corrected chi connectivity index (χ3v) is 4.38. The van der Waals surface area contributed by atoms with E-state index in [0.29, 0.717) is 6.61 Å². The van der Waals surface area contributed by atoms with Gasteiger partial charge in [-0.1, -0.05) is 24.3 Å². The molecule has 0 spiro atoms. The Morgan fingerprint density at radius 3 is 2.50 bits per heavy atom. The van der Waals surface area contributed by atoms with Crippen molar-refractivity contribution >= 4 is 0 Å². The van der Waals surface area contributed by atoms with Crippen molar-refractivity contribution in [2.75, 3.05) is 33.3 Å². The maximum Gasteiger partial charge on any atom is 0.125 e. The number of rotatable bonds is 6. The van der Waals surface area contributed by atoms with Gasteiger partial charge in [0.1, 0.15) is 18.1 Å². The van der Waals surface area contributed by atoms with E-state index in [9.17, 15) is 0 Å². The Labute approximate surface area is 144 Å². The molecule has 0 bridgehead atoms. The van der Waals surface area contributed by atoms with Gasteiger partial charge in [0.15, 0.2) is 0 Å². The zero-order chi connectivity index (χ0) is 16.8. The van der Waals surface area contributed by atoms with E-state index in [1.54, 1.807) is 7.11 Å². The zero-order valence-electron chi connectivity index (χ0n) is 14.5. The molecular formula is C20H26N2O2. The highest BCUT2D eigenvalue weighted by Crippen LogP contribution is 2.22. The van der Waals surface area contributed by atoms with Gasteiger partial charge in [-0.2, -0.15) is 0 Å². The largest absolute Gasteiger partial charge is 0.496 e. The first-order valence-corrected chi connectivity index (χ1v) is 8.53. The Hall–Kier alpha value is -2.04. The molecular weight excluding hydrogens is 300 g/mol. The summed E-state index contributed by atoms with van der Waals surface area (Å²) in [6, 6.07) is 14.6. The molecule has 2 aromatic rings. The van der Waals surface area contributed by atoms with Gasteiger partial charge >= 0.3 is 0 Å². The molecule has 2 aromatic carbocycles. The first-order chi connectivity index (χ1) is 11.7. The van der Waals surface area contributed by atoms with Gasteiger partial charge in [0.2, 0.25) is 0 Å². The van der Waals surface area contributed by atoms with Gasteiger partial charge in [-0.15, -0.1) is 0 Å². The topological polar surface area (TPSA) is 33.7 Å². The van der Waals surface area contributed by atoms with Crippen LogP contribution in [0, 0.1) is 6.92 Å². The summed E-state index contributed by atoms with van der Waals surface area (Å²) in [7, 11) is 1.70. The molecule has 1 saturated heterocycles. The predicted octanol–water partition coefficient (Wildman–Crippen LogP) is 2.99. The second-order valence-corrected chi connectivity index (χ2v) is 6.27. The normalized spacial score (nSPS) is 15.2. The highest BCUT2D eigenvalue weighted by Gasteiger charge is 2.10. The summed E-state index contributed by atoms with van der Waals surface area (Å²) in [5.41, 5.74) is 3.58. The van der Waals surface area contributed by atoms with E-state index in [1.807, 2.05) is 6.07 Å². The fourth-order valence-corrected chi connectivity index (χ4v) is 2.95. The Balaban J connectivity index is 1.56. The minimum Gasteiger partial charge on any atom is -0.496 e. The van der Waals surface area contributed by atoms with Gasteiger partial charge in [-0.3, -0.25) is 4.90 Å². The van der Waals surface area contributed by atoms with Gasteiger partial charge in [0.25, 0.3) is 0 Å². The molecule has 4 nitrogen and oxygen atoms in total. The molecule has 0 atom stereocenters. The summed E-state index contributed by atoms with van der Waals surface area (Å²) >= 11 is 0. The van der Waals surface area contributed by atoms with Crippen molar-refractivity contribution in [3.8, 4) is 11.5 Å². The highest BCUT2D eigenvalue weighted by atomic mass is 16.5. The average Bonchev–Trinajstić information content (AvgIpc) is 2.62. The summed E-state index contributed by atoms with van der Waals surface area (Å²) in [5, 5.41) is 3.38. The second-order valence-electron chi connectivity index (χ2n) is 6.27. The zero-order valence-corrected chi connectivity index (χ0v) is 14.5. The number of nitrogens with one attached hydrogen (secondary N) is 1. The number of aryl methyl sites for hydroxylation is 1. The fourth-order valence-electron chi connectivity index (χ4n) is 2.95. The van der Waals surface area contributed by atoms with Gasteiger partial charge in [-0.25, -0.2) is 0 Å². The van der Waals surface area contributed by atoms with Crippen molar-refractivity contribution in [2.45, 2.75) is 20.1 Å². The quantitative estimate of drug-likeness (QED) is 0.885. The maximum absolute atomic E-state index is 5.92. The first-order valence-electron chi connectivity index (χ1n) is 8.53. The molecule has 1 aliphatic heterocycles. The lowest BCUT2D eigenvalue weighted by Gasteiger charge is -2.27. The highest BCUT2D eigenvalue weighted by molar-refractivity contribution is 5.37. The van der Waals surface area contributed by atoms with Crippen molar-refractivity contribution in [1.82, 2.24) is 10.2 Å². The molecule has 0 radical (unpaired) electrons. The van der Waals surface area contributed by atoms with Gasteiger partial charge in [0, 0.05) is 38.3 Å². The van der Waals surface area contributed by atoms with Crippen LogP contribution in [-0.4, -0.2) is 38.2 Å². The number of ether oxygens (including phenoxy) is 2. The van der Waals surface area contributed by atoms with Crippen LogP contribution in [-0.2, 0) is 13.2 Å². The van der Waals surface area contributed by atoms with E-state index >= 15 is 0 Å². The van der Waals surface area contributed by atoms with Crippen molar-refractivity contribution in [3.63, 3.8) is 0 Å². The Kier molecular flexibility index (Phi) is 5.72. The number of piperazine rings is 1. The van der Waals surface area contributed by atoms with E-state index in [-0.39, 0.29) is 0 Å². The molecule has 0 amide bonds. The number of hydrogen-bond donors (Lipinski definition) is 1. The van der Waals surface area contributed by atoms with Crippen molar-refractivity contribution < 1.29 is 9.47 Å². The van der Waals surface area contributed by atoms with Crippen LogP contribution in [0.5, 0.6) is 11.5 Å². The number of nitrogens with zero attached hydrogens (tertiary/aromatic N) is 1. The molecule has 0 unspecified atom stereocenters. The molecule has 1 N–H and O–H groups in total. The molecule has 24 heavy (non-hydrogen) atoms. The molecule has 128 valence electrons. The molecule has 3 rings (SSSR count). The maximum atomic E-state index is 5.92. The average molecular weight is 326 g/mol. The van der Waals surface area contributed by atoms with Crippen LogP contribution in [0.25, 0.3) is 0 Å². The monoisotopic (exact) mass is 326 g/mol. The van der Waals surface area contributed by atoms with E-state index in [4.69, 9.17) is 9.47 Å². The molecule has 0 saturated carbocycles. The second kappa shape index (κ2) is 8.18. The summed E-state index contributed by atoms with van der Waals surface area (Å²) in [5.74, 6) is 1.77. The van der Waals surface area contributed by atoms with Crippen LogP contribution in [0.4, 0.5) is 0 Å². The third-order valence-electron chi connectivity index (χ3n) is 4.38. The number of methoxy groups -OCH3 is 1. The van der Waals surface area contributed by atoms with Crippen molar-refractivity contribution in [3.05, 3.63) is 59.2 Å². The third kappa shape index (κ3) is 4.49. The van der Waals surface area contributed by atoms with E-state index in [0.717, 1.165) is 49.8 Å². The first kappa shape index (κ1) is 16.8. The van der Waals surface area contributed by atoms with E-state index < -0.39 is 0 Å². The van der Waals surface area contributed by atoms with Crippen LogP contribution in [0.15, 0.2) is 42.5 Å². The SMILES string of the molecule is COc1cc(C)ccc1COc1ccc(CN2CCNCC2)cc1. The standard InChI is InChI=1S/C20H26N2O2/c1-16-3-6-18(20(13-16)23-2)15-24-19-7-4-17(5-8-19)14-22-11-9-21-10-12-22/h3-8,13,21H,9-12,14-15H2,1-2H3. The number of benzene rings is 2. The van der Waals surface area contributed by atoms with Crippen LogP contribution in [0.2, 0.25) is 0 Å². The van der Waals surface area contributed by atoms with Crippen molar-refractivity contribution in [1.29, 1.82) is 0 Å². The Bertz CT molecular complexity index is 649. The van der Waals surface area contributed by atoms with Gasteiger partial charge in [-0.05, 0) is 36.2 Å². The fraction of sp³-hybridized carbons (Fsp3) is 0.400. The van der Waals surface area contributed by atoms with Crippen LogP contribution >= 0.6 is 0 Å². The van der Waals surface area contributed by atoms with Crippen LogP contribution in [0.1, 0.15) is 16.7 Å². The van der Waals surface area contributed by atoms with Gasteiger partial charge < -0.3 is 14.8 Å². The van der Waals surface area contributed by atoms with E-state index in [2.05, 4.69) is 53.5 Å². The molecule has 0 aromatic heterocycles. The molecule has 1 heterocycles. The molecule has 0 aliphatic carbocycles. The minimum atomic E-state index is 0.514. The summed E-state index contributed by atoms with van der Waals surface area (Å²) in [4.78, 5) is 2.48. The summed E-state index contributed by atoms with van der Waals surface area (Å²) in [6.45, 7) is 7.98. The van der Waals surface area contributed by atoms with E-state index in [1.165, 1.54) is 11.1 Å².